The number of halogens is 1. The van der Waals surface area contributed by atoms with Gasteiger partial charge < -0.3 is 10.4 Å². The van der Waals surface area contributed by atoms with Gasteiger partial charge in [-0.05, 0) is 43.7 Å². The topological polar surface area (TPSA) is 49.3 Å². The molecule has 1 amide bonds. The minimum Gasteiger partial charge on any atom is -0.387 e. The molecule has 1 saturated carbocycles. The summed E-state index contributed by atoms with van der Waals surface area (Å²) in [6, 6.07) is 6.28. The predicted molar refractivity (Wildman–Crippen MR) is 83.9 cm³/mol. The Bertz CT molecular complexity index is 515. The molecule has 1 fully saturated rings. The van der Waals surface area contributed by atoms with Gasteiger partial charge in [-0.15, -0.1) is 0 Å². The van der Waals surface area contributed by atoms with Gasteiger partial charge in [-0.3, -0.25) is 4.79 Å². The third-order valence-corrected chi connectivity index (χ3v) is 5.01. The van der Waals surface area contributed by atoms with Crippen molar-refractivity contribution in [3.05, 3.63) is 35.6 Å². The summed E-state index contributed by atoms with van der Waals surface area (Å²) in [6.07, 6.45) is 4.33. The van der Waals surface area contributed by atoms with Crippen molar-refractivity contribution in [3.8, 4) is 0 Å². The van der Waals surface area contributed by atoms with Gasteiger partial charge in [0.25, 0.3) is 0 Å². The quantitative estimate of drug-likeness (QED) is 0.848. The van der Waals surface area contributed by atoms with Gasteiger partial charge in [0.05, 0.1) is 11.0 Å². The first-order valence-corrected chi connectivity index (χ1v) is 8.55. The van der Waals surface area contributed by atoms with E-state index in [1.165, 1.54) is 23.9 Å². The van der Waals surface area contributed by atoms with E-state index in [4.69, 9.17) is 0 Å². The second kappa shape index (κ2) is 6.36. The molecule has 0 aromatic heterocycles. The highest BCUT2D eigenvalue weighted by Gasteiger charge is 2.46. The van der Waals surface area contributed by atoms with Crippen molar-refractivity contribution in [2.45, 2.75) is 37.2 Å². The van der Waals surface area contributed by atoms with Crippen LogP contribution in [0.3, 0.4) is 0 Å². The van der Waals surface area contributed by atoms with Gasteiger partial charge in [0.1, 0.15) is 5.82 Å². The number of thioether (sulfide) groups is 1. The third kappa shape index (κ3) is 3.58. The normalized spacial score (nSPS) is 19.4. The Labute approximate surface area is 129 Å². The van der Waals surface area contributed by atoms with Crippen molar-refractivity contribution in [1.82, 2.24) is 5.32 Å². The van der Waals surface area contributed by atoms with E-state index in [0.29, 0.717) is 5.75 Å². The van der Waals surface area contributed by atoms with E-state index in [2.05, 4.69) is 5.32 Å². The average molecular weight is 311 g/mol. The van der Waals surface area contributed by atoms with Crippen molar-refractivity contribution < 1.29 is 14.3 Å². The number of carbonyl (C=O) groups excluding carboxylic acids is 1. The van der Waals surface area contributed by atoms with Crippen LogP contribution in [-0.4, -0.2) is 35.2 Å². The first-order chi connectivity index (χ1) is 9.89. The maximum atomic E-state index is 13.4. The molecule has 5 heteroatoms. The van der Waals surface area contributed by atoms with Crippen molar-refractivity contribution in [2.24, 2.45) is 0 Å². The van der Waals surface area contributed by atoms with Crippen LogP contribution in [0.5, 0.6) is 0 Å². The number of hydrogen-bond acceptors (Lipinski definition) is 3. The summed E-state index contributed by atoms with van der Waals surface area (Å²) in [6.45, 7) is 1.92. The monoisotopic (exact) mass is 311 g/mol. The minimum absolute atomic E-state index is 0.110. The standard InChI is InChI=1S/C16H22FNO2S/c1-15(20,11-21-2)10-18-14(19)16(7-4-8-16)12-5-3-6-13(17)9-12/h3,5-6,9,20H,4,7-8,10-11H2,1-2H3,(H,18,19)/t15-/m1/s1. The van der Waals surface area contributed by atoms with Crippen LogP contribution in [0.25, 0.3) is 0 Å². The highest BCUT2D eigenvalue weighted by molar-refractivity contribution is 7.98. The zero-order valence-electron chi connectivity index (χ0n) is 12.5. The molecule has 1 aliphatic carbocycles. The second-order valence-electron chi connectivity index (χ2n) is 6.06. The average Bonchev–Trinajstić information content (AvgIpc) is 2.35. The molecule has 2 N–H and O–H groups in total. The van der Waals surface area contributed by atoms with Crippen LogP contribution in [0.2, 0.25) is 0 Å². The third-order valence-electron chi connectivity index (χ3n) is 4.10. The predicted octanol–water partition coefficient (Wildman–Crippen LogP) is 2.48. The summed E-state index contributed by atoms with van der Waals surface area (Å²) in [5.41, 5.74) is -0.824. The molecule has 0 saturated heterocycles. The minimum atomic E-state index is -0.929. The molecule has 0 spiro atoms. The van der Waals surface area contributed by atoms with E-state index < -0.39 is 11.0 Å². The van der Waals surface area contributed by atoms with Gasteiger partial charge in [-0.2, -0.15) is 11.8 Å². The number of benzene rings is 1. The number of amides is 1. The molecule has 0 heterocycles. The molecule has 0 aliphatic heterocycles. The highest BCUT2D eigenvalue weighted by Crippen LogP contribution is 2.44. The number of nitrogens with one attached hydrogen (secondary N) is 1. The summed E-state index contributed by atoms with van der Waals surface area (Å²) in [7, 11) is 0. The van der Waals surface area contributed by atoms with Crippen LogP contribution in [0.1, 0.15) is 31.7 Å². The fraction of sp³-hybridized carbons (Fsp3) is 0.562. The first kappa shape index (κ1) is 16.3. The summed E-state index contributed by atoms with van der Waals surface area (Å²) in [4.78, 5) is 12.6. The molecule has 0 radical (unpaired) electrons. The number of carbonyl (C=O) groups is 1. The van der Waals surface area contributed by atoms with Crippen LogP contribution in [0.4, 0.5) is 4.39 Å². The van der Waals surface area contributed by atoms with Crippen LogP contribution >= 0.6 is 11.8 Å². The number of rotatable bonds is 6. The van der Waals surface area contributed by atoms with Crippen molar-refractivity contribution >= 4 is 17.7 Å². The molecule has 1 atom stereocenters. The van der Waals surface area contributed by atoms with Crippen molar-refractivity contribution in [2.75, 3.05) is 18.6 Å². The summed E-state index contributed by atoms with van der Waals surface area (Å²) in [5.74, 6) is 0.127. The molecule has 3 nitrogen and oxygen atoms in total. The largest absolute Gasteiger partial charge is 0.387 e. The van der Waals surface area contributed by atoms with Crippen molar-refractivity contribution in [3.63, 3.8) is 0 Å². The van der Waals surface area contributed by atoms with E-state index in [0.717, 1.165) is 24.8 Å². The molecule has 1 aliphatic rings. The van der Waals surface area contributed by atoms with Gasteiger partial charge in [0.15, 0.2) is 0 Å². The Balaban J connectivity index is 2.09. The number of hydrogen-bond donors (Lipinski definition) is 2. The highest BCUT2D eigenvalue weighted by atomic mass is 32.2. The number of aliphatic hydroxyl groups is 1. The Morgan fingerprint density at radius 2 is 2.24 bits per heavy atom. The van der Waals surface area contributed by atoms with Crippen molar-refractivity contribution in [1.29, 1.82) is 0 Å². The summed E-state index contributed by atoms with van der Waals surface area (Å²) >= 11 is 1.53. The SMILES string of the molecule is CSC[C@](C)(O)CNC(=O)C1(c2cccc(F)c2)CCC1. The molecule has 1 aromatic carbocycles. The fourth-order valence-corrected chi connectivity index (χ4v) is 3.49. The van der Waals surface area contributed by atoms with E-state index >= 15 is 0 Å². The van der Waals surface area contributed by atoms with Gasteiger partial charge >= 0.3 is 0 Å². The fourth-order valence-electron chi connectivity index (χ4n) is 2.77. The Kier molecular flexibility index (Phi) is 4.94. The lowest BCUT2D eigenvalue weighted by Crippen LogP contribution is -2.53. The lowest BCUT2D eigenvalue weighted by atomic mass is 9.63. The zero-order chi connectivity index (χ0) is 15.5. The summed E-state index contributed by atoms with van der Waals surface area (Å²) in [5, 5.41) is 13.0. The summed E-state index contributed by atoms with van der Waals surface area (Å²) < 4.78 is 13.4. The van der Waals surface area contributed by atoms with Crippen LogP contribution in [-0.2, 0) is 10.2 Å². The Hall–Kier alpha value is -1.07. The van der Waals surface area contributed by atoms with Gasteiger partial charge in [0, 0.05) is 12.3 Å². The molecule has 1 aromatic rings. The van der Waals surface area contributed by atoms with Crippen LogP contribution in [0, 0.1) is 5.82 Å². The molecule has 0 unspecified atom stereocenters. The Morgan fingerprint density at radius 3 is 2.76 bits per heavy atom. The first-order valence-electron chi connectivity index (χ1n) is 7.15. The van der Waals surface area contributed by atoms with Crippen LogP contribution < -0.4 is 5.32 Å². The van der Waals surface area contributed by atoms with Crippen LogP contribution in [0.15, 0.2) is 24.3 Å². The molecule has 21 heavy (non-hydrogen) atoms. The Morgan fingerprint density at radius 1 is 1.52 bits per heavy atom. The van der Waals surface area contributed by atoms with Gasteiger partial charge in [0.2, 0.25) is 5.91 Å². The van der Waals surface area contributed by atoms with Gasteiger partial charge in [-0.25, -0.2) is 4.39 Å². The molecular weight excluding hydrogens is 289 g/mol. The maximum absolute atomic E-state index is 13.4. The van der Waals surface area contributed by atoms with Gasteiger partial charge in [-0.1, -0.05) is 18.6 Å². The van der Waals surface area contributed by atoms with E-state index in [1.807, 2.05) is 12.3 Å². The smallest absolute Gasteiger partial charge is 0.230 e. The maximum Gasteiger partial charge on any atom is 0.230 e. The van der Waals surface area contributed by atoms with E-state index in [-0.39, 0.29) is 18.3 Å². The zero-order valence-corrected chi connectivity index (χ0v) is 13.3. The van der Waals surface area contributed by atoms with E-state index in [9.17, 15) is 14.3 Å². The molecule has 2 rings (SSSR count). The molecular formula is C16H22FNO2S. The molecule has 0 bridgehead atoms. The lowest BCUT2D eigenvalue weighted by molar-refractivity contribution is -0.130. The second-order valence-corrected chi connectivity index (χ2v) is 6.92. The molecule has 116 valence electrons. The lowest BCUT2D eigenvalue weighted by Gasteiger charge is -2.41. The van der Waals surface area contributed by atoms with E-state index in [1.54, 1.807) is 13.0 Å².